The van der Waals surface area contributed by atoms with Crippen LogP contribution < -0.4 is 0 Å². The molecule has 0 radical (unpaired) electrons. The zero-order chi connectivity index (χ0) is 15.6. The van der Waals surface area contributed by atoms with E-state index in [0.717, 1.165) is 4.47 Å². The van der Waals surface area contributed by atoms with Gasteiger partial charge < -0.3 is 5.11 Å². The van der Waals surface area contributed by atoms with Gasteiger partial charge in [0.15, 0.2) is 9.84 Å². The Morgan fingerprint density at radius 2 is 1.90 bits per heavy atom. The molecule has 4 nitrogen and oxygen atoms in total. The molecule has 0 aromatic heterocycles. The van der Waals surface area contributed by atoms with Gasteiger partial charge in [-0.25, -0.2) is 13.2 Å². The van der Waals surface area contributed by atoms with Gasteiger partial charge in [0.05, 0.1) is 21.2 Å². The quantitative estimate of drug-likeness (QED) is 0.864. The molecule has 0 heterocycles. The van der Waals surface area contributed by atoms with E-state index in [4.69, 9.17) is 16.7 Å². The lowest BCUT2D eigenvalue weighted by molar-refractivity contribution is 0.0697. The molecule has 1 N–H and O–H groups in total. The van der Waals surface area contributed by atoms with Crippen LogP contribution in [0.1, 0.15) is 15.9 Å². The van der Waals surface area contributed by atoms with E-state index in [9.17, 15) is 13.2 Å². The van der Waals surface area contributed by atoms with E-state index in [1.807, 2.05) is 0 Å². The number of sulfone groups is 1. The van der Waals surface area contributed by atoms with Crippen LogP contribution in [0.4, 0.5) is 0 Å². The highest BCUT2D eigenvalue weighted by Gasteiger charge is 2.18. The molecule has 0 aliphatic heterocycles. The van der Waals surface area contributed by atoms with Crippen LogP contribution in [-0.2, 0) is 15.6 Å². The van der Waals surface area contributed by atoms with Crippen molar-refractivity contribution >= 4 is 43.3 Å². The number of halogens is 2. The fraction of sp³-hybridized carbons (Fsp3) is 0.0714. The van der Waals surface area contributed by atoms with Gasteiger partial charge in [0.2, 0.25) is 0 Å². The second-order valence-corrected chi connectivity index (χ2v) is 7.65. The Morgan fingerprint density at radius 3 is 2.48 bits per heavy atom. The highest BCUT2D eigenvalue weighted by Crippen LogP contribution is 2.24. The average Bonchev–Trinajstić information content (AvgIpc) is 2.37. The number of hydrogen-bond acceptors (Lipinski definition) is 3. The van der Waals surface area contributed by atoms with E-state index >= 15 is 0 Å². The van der Waals surface area contributed by atoms with Crippen molar-refractivity contribution in [2.75, 3.05) is 0 Å². The molecule has 2 aromatic carbocycles. The first-order valence-electron chi connectivity index (χ1n) is 5.79. The highest BCUT2D eigenvalue weighted by atomic mass is 79.9. The third kappa shape index (κ3) is 3.84. The van der Waals surface area contributed by atoms with Crippen LogP contribution >= 0.6 is 27.5 Å². The van der Waals surface area contributed by atoms with Crippen LogP contribution in [-0.4, -0.2) is 19.5 Å². The molecule has 0 amide bonds. The molecule has 0 atom stereocenters. The summed E-state index contributed by atoms with van der Waals surface area (Å²) in [5.41, 5.74) is 0.501. The van der Waals surface area contributed by atoms with Gasteiger partial charge in [0.25, 0.3) is 0 Å². The van der Waals surface area contributed by atoms with Crippen LogP contribution in [0.3, 0.4) is 0 Å². The van der Waals surface area contributed by atoms with Crippen molar-refractivity contribution in [2.45, 2.75) is 10.6 Å². The van der Waals surface area contributed by atoms with Crippen LogP contribution in [0.5, 0.6) is 0 Å². The van der Waals surface area contributed by atoms with Gasteiger partial charge in [-0.05, 0) is 35.9 Å². The van der Waals surface area contributed by atoms with E-state index < -0.39 is 15.8 Å². The fourth-order valence-corrected chi connectivity index (χ4v) is 3.92. The fourth-order valence-electron chi connectivity index (χ4n) is 1.79. The number of aromatic carboxylic acids is 1. The number of carboxylic acid groups (broad SMARTS) is 1. The van der Waals surface area contributed by atoms with E-state index in [2.05, 4.69) is 15.9 Å². The lowest BCUT2D eigenvalue weighted by Crippen LogP contribution is -2.06. The third-order valence-electron chi connectivity index (χ3n) is 2.78. The minimum atomic E-state index is -3.59. The maximum absolute atomic E-state index is 12.3. The molecule has 0 unspecified atom stereocenters. The Morgan fingerprint density at radius 1 is 1.19 bits per heavy atom. The normalized spacial score (nSPS) is 11.3. The molecular weight excluding hydrogens is 380 g/mol. The molecule has 21 heavy (non-hydrogen) atoms. The molecule has 0 spiro atoms. The van der Waals surface area contributed by atoms with Crippen LogP contribution in [0, 0.1) is 0 Å². The van der Waals surface area contributed by atoms with E-state index in [1.54, 1.807) is 24.3 Å². The van der Waals surface area contributed by atoms with Crippen LogP contribution in [0.25, 0.3) is 0 Å². The van der Waals surface area contributed by atoms with Crippen molar-refractivity contribution in [3.8, 4) is 0 Å². The molecule has 0 bridgehead atoms. The molecule has 0 saturated heterocycles. The minimum absolute atomic E-state index is 0.00234. The summed E-state index contributed by atoms with van der Waals surface area (Å²) in [6, 6.07) is 10.6. The van der Waals surface area contributed by atoms with Gasteiger partial charge in [-0.2, -0.15) is 0 Å². The molecule has 7 heteroatoms. The summed E-state index contributed by atoms with van der Waals surface area (Å²) < 4.78 is 25.4. The van der Waals surface area contributed by atoms with Gasteiger partial charge in [0.1, 0.15) is 0 Å². The minimum Gasteiger partial charge on any atom is -0.478 e. The predicted octanol–water partition coefficient (Wildman–Crippen LogP) is 3.77. The molecule has 2 rings (SSSR count). The van der Waals surface area contributed by atoms with Crippen molar-refractivity contribution in [2.24, 2.45) is 0 Å². The molecule has 0 saturated carbocycles. The van der Waals surface area contributed by atoms with Crippen LogP contribution in [0.15, 0.2) is 51.8 Å². The monoisotopic (exact) mass is 388 g/mol. The summed E-state index contributed by atoms with van der Waals surface area (Å²) in [6.45, 7) is 0. The lowest BCUT2D eigenvalue weighted by atomic mass is 10.2. The van der Waals surface area contributed by atoms with E-state index in [-0.39, 0.29) is 21.2 Å². The maximum atomic E-state index is 12.3. The summed E-state index contributed by atoms with van der Waals surface area (Å²) >= 11 is 9.09. The Bertz CT molecular complexity index is 802. The summed E-state index contributed by atoms with van der Waals surface area (Å²) in [5.74, 6) is -1.38. The Balaban J connectivity index is 2.36. The van der Waals surface area contributed by atoms with Gasteiger partial charge >= 0.3 is 5.97 Å². The molecule has 0 fully saturated rings. The Hall–Kier alpha value is -1.37. The second kappa shape index (κ2) is 6.17. The van der Waals surface area contributed by atoms with Crippen molar-refractivity contribution in [3.63, 3.8) is 0 Å². The van der Waals surface area contributed by atoms with Crippen molar-refractivity contribution in [3.05, 3.63) is 63.1 Å². The second-order valence-electron chi connectivity index (χ2n) is 4.34. The summed E-state index contributed by atoms with van der Waals surface area (Å²) in [5, 5.41) is 8.79. The third-order valence-corrected chi connectivity index (χ3v) is 5.27. The standard InChI is InChI=1S/C14H10BrClO4S/c15-10-3-1-2-9(6-10)8-21(19,20)11-4-5-12(14(17)18)13(16)7-11/h1-7H,8H2,(H,17,18). The zero-order valence-corrected chi connectivity index (χ0v) is 13.7. The van der Waals surface area contributed by atoms with E-state index in [0.29, 0.717) is 5.56 Å². The summed E-state index contributed by atoms with van der Waals surface area (Å²) in [6.07, 6.45) is 0. The number of hydrogen-bond donors (Lipinski definition) is 1. The Kier molecular flexibility index (Phi) is 4.70. The largest absolute Gasteiger partial charge is 0.478 e. The smallest absolute Gasteiger partial charge is 0.337 e. The van der Waals surface area contributed by atoms with E-state index in [1.165, 1.54) is 18.2 Å². The van der Waals surface area contributed by atoms with Gasteiger partial charge in [-0.3, -0.25) is 0 Å². The molecular formula is C14H10BrClO4S. The number of carboxylic acids is 1. The number of rotatable bonds is 4. The van der Waals surface area contributed by atoms with Gasteiger partial charge in [0, 0.05) is 4.47 Å². The van der Waals surface area contributed by atoms with Gasteiger partial charge in [-0.15, -0.1) is 0 Å². The first kappa shape index (κ1) is 16.0. The maximum Gasteiger partial charge on any atom is 0.337 e. The summed E-state index contributed by atoms with van der Waals surface area (Å²) in [4.78, 5) is 10.9. The lowest BCUT2D eigenvalue weighted by Gasteiger charge is -2.07. The highest BCUT2D eigenvalue weighted by molar-refractivity contribution is 9.10. The van der Waals surface area contributed by atoms with Crippen LogP contribution in [0.2, 0.25) is 5.02 Å². The van der Waals surface area contributed by atoms with Crippen molar-refractivity contribution in [1.29, 1.82) is 0 Å². The summed E-state index contributed by atoms with van der Waals surface area (Å²) in [7, 11) is -3.59. The first-order valence-corrected chi connectivity index (χ1v) is 8.62. The zero-order valence-electron chi connectivity index (χ0n) is 10.6. The molecule has 110 valence electrons. The SMILES string of the molecule is O=C(O)c1ccc(S(=O)(=O)Cc2cccc(Br)c2)cc1Cl. The number of carbonyl (C=O) groups is 1. The van der Waals surface area contributed by atoms with Crippen molar-refractivity contribution in [1.82, 2.24) is 0 Å². The number of benzene rings is 2. The van der Waals surface area contributed by atoms with Crippen molar-refractivity contribution < 1.29 is 18.3 Å². The topological polar surface area (TPSA) is 71.4 Å². The average molecular weight is 390 g/mol. The van der Waals surface area contributed by atoms with Gasteiger partial charge in [-0.1, -0.05) is 39.7 Å². The molecule has 0 aliphatic rings. The molecule has 2 aromatic rings. The first-order chi connectivity index (χ1) is 9.79. The Labute approximate surface area is 135 Å². The predicted molar refractivity (Wildman–Crippen MR) is 83.4 cm³/mol. The molecule has 0 aliphatic carbocycles.